The number of thioether (sulfide) groups is 1. The van der Waals surface area contributed by atoms with Gasteiger partial charge in [-0.25, -0.2) is 9.86 Å². The second kappa shape index (κ2) is 14.1. The molecule has 0 spiro atoms. The second-order valence-corrected chi connectivity index (χ2v) is 12.4. The van der Waals surface area contributed by atoms with Crippen molar-refractivity contribution in [2.45, 2.75) is 16.7 Å². The highest BCUT2D eigenvalue weighted by Crippen LogP contribution is 2.49. The highest BCUT2D eigenvalue weighted by atomic mass is 32.2. The molecule has 232 valence electrons. The van der Waals surface area contributed by atoms with E-state index in [-0.39, 0.29) is 24.2 Å². The van der Waals surface area contributed by atoms with Gasteiger partial charge < -0.3 is 10.1 Å². The molecule has 0 radical (unpaired) electrons. The Labute approximate surface area is 274 Å². The SMILES string of the molecule is CON(C)C(=O)[C@H](CSC(c1ccccc1)(c1ccccc1)c1ccccc1)NC(=O)OCC1c2ccccc2-c2ccccc21. The van der Waals surface area contributed by atoms with E-state index < -0.39 is 16.9 Å². The number of fused-ring (bicyclic) bond motifs is 3. The van der Waals surface area contributed by atoms with E-state index in [2.05, 4.69) is 66.0 Å². The van der Waals surface area contributed by atoms with Crippen molar-refractivity contribution in [1.29, 1.82) is 0 Å². The number of rotatable bonds is 11. The first kappa shape index (κ1) is 31.1. The molecule has 6 rings (SSSR count). The minimum Gasteiger partial charge on any atom is -0.449 e. The summed E-state index contributed by atoms with van der Waals surface area (Å²) >= 11 is 1.59. The zero-order valence-corrected chi connectivity index (χ0v) is 26.7. The third-order valence-corrected chi connectivity index (χ3v) is 10.2. The first-order valence-electron chi connectivity index (χ1n) is 15.3. The Morgan fingerprint density at radius 1 is 0.717 bits per heavy atom. The van der Waals surface area contributed by atoms with E-state index in [9.17, 15) is 9.59 Å². The van der Waals surface area contributed by atoms with Gasteiger partial charge in [-0.1, -0.05) is 140 Å². The summed E-state index contributed by atoms with van der Waals surface area (Å²) in [5.41, 5.74) is 7.73. The highest BCUT2D eigenvalue weighted by Gasteiger charge is 2.39. The van der Waals surface area contributed by atoms with Gasteiger partial charge in [0.05, 0.1) is 11.9 Å². The van der Waals surface area contributed by atoms with Crippen LogP contribution in [-0.2, 0) is 19.1 Å². The van der Waals surface area contributed by atoms with Gasteiger partial charge in [0, 0.05) is 18.7 Å². The molecule has 1 N–H and O–H groups in total. The number of hydrogen-bond donors (Lipinski definition) is 1. The van der Waals surface area contributed by atoms with Crippen molar-refractivity contribution in [3.63, 3.8) is 0 Å². The number of hydrogen-bond acceptors (Lipinski definition) is 5. The molecule has 5 aromatic rings. The van der Waals surface area contributed by atoms with E-state index in [1.807, 2.05) is 78.9 Å². The van der Waals surface area contributed by atoms with Crippen LogP contribution < -0.4 is 5.32 Å². The quantitative estimate of drug-likeness (QED) is 0.120. The Hall–Kier alpha value is -4.85. The van der Waals surface area contributed by atoms with E-state index in [0.29, 0.717) is 0 Å². The summed E-state index contributed by atoms with van der Waals surface area (Å²) in [5, 5.41) is 4.02. The summed E-state index contributed by atoms with van der Waals surface area (Å²) in [4.78, 5) is 32.3. The zero-order valence-electron chi connectivity index (χ0n) is 25.8. The molecular weight excluding hydrogens is 593 g/mol. The van der Waals surface area contributed by atoms with Crippen molar-refractivity contribution in [3.8, 4) is 11.1 Å². The summed E-state index contributed by atoms with van der Waals surface area (Å²) in [6.07, 6.45) is -0.657. The first-order chi connectivity index (χ1) is 22.5. The maximum Gasteiger partial charge on any atom is 0.407 e. The van der Waals surface area contributed by atoms with Crippen molar-refractivity contribution in [3.05, 3.63) is 167 Å². The minimum atomic E-state index is -0.930. The van der Waals surface area contributed by atoms with Crippen LogP contribution in [0.1, 0.15) is 33.7 Å². The summed E-state index contributed by atoms with van der Waals surface area (Å²) in [6.45, 7) is 0.149. The summed E-state index contributed by atoms with van der Waals surface area (Å²) in [7, 11) is 2.97. The van der Waals surface area contributed by atoms with Gasteiger partial charge in [-0.2, -0.15) is 0 Å². The van der Waals surface area contributed by atoms with Gasteiger partial charge in [0.1, 0.15) is 12.6 Å². The van der Waals surface area contributed by atoms with Crippen molar-refractivity contribution < 1.29 is 19.2 Å². The number of benzene rings is 5. The molecule has 0 unspecified atom stereocenters. The fraction of sp³-hybridized carbons (Fsp3) is 0.179. The Kier molecular flexibility index (Phi) is 9.52. The van der Waals surface area contributed by atoms with Crippen LogP contribution in [0.25, 0.3) is 11.1 Å². The lowest BCUT2D eigenvalue weighted by atomic mass is 9.84. The number of hydroxylamine groups is 2. The molecule has 5 aromatic carbocycles. The summed E-state index contributed by atoms with van der Waals surface area (Å²) < 4.78 is 5.18. The van der Waals surface area contributed by atoms with Crippen LogP contribution >= 0.6 is 11.8 Å². The standard InChI is InChI=1S/C39H36N2O4S/c1-41(44-2)37(42)36(40-38(43)45-26-35-33-24-14-12-22-31(33)32-23-13-15-25-34(32)35)27-46-39(28-16-6-3-7-17-28,29-18-8-4-9-19-29)30-20-10-5-11-21-30/h3-25,35-36H,26-27H2,1-2H3,(H,40,43)/t36-/m0/s1. The molecule has 0 aromatic heterocycles. The van der Waals surface area contributed by atoms with Gasteiger partial charge in [-0.05, 0) is 38.9 Å². The van der Waals surface area contributed by atoms with E-state index in [1.165, 1.54) is 14.2 Å². The smallest absolute Gasteiger partial charge is 0.407 e. The number of carbonyl (C=O) groups excluding carboxylic acids is 2. The normalized spacial score (nSPS) is 12.9. The van der Waals surface area contributed by atoms with Crippen molar-refractivity contribution in [1.82, 2.24) is 10.4 Å². The Morgan fingerprint density at radius 2 is 1.15 bits per heavy atom. The Morgan fingerprint density at radius 3 is 1.61 bits per heavy atom. The second-order valence-electron chi connectivity index (χ2n) is 11.1. The number of ether oxygens (including phenoxy) is 1. The minimum absolute atomic E-state index is 0.0924. The Bertz CT molecular complexity index is 1640. The van der Waals surface area contributed by atoms with Crippen LogP contribution in [-0.4, -0.2) is 49.6 Å². The molecule has 0 aliphatic heterocycles. The lowest BCUT2D eigenvalue weighted by molar-refractivity contribution is -0.170. The van der Waals surface area contributed by atoms with Gasteiger partial charge in [-0.3, -0.25) is 9.63 Å². The molecule has 1 aliphatic carbocycles. The van der Waals surface area contributed by atoms with Gasteiger partial charge in [0.15, 0.2) is 0 Å². The molecule has 46 heavy (non-hydrogen) atoms. The number of alkyl carbamates (subject to hydrolysis) is 1. The molecule has 0 saturated carbocycles. The lowest BCUT2D eigenvalue weighted by Gasteiger charge is -2.36. The van der Waals surface area contributed by atoms with Crippen LogP contribution in [0, 0.1) is 0 Å². The molecular formula is C39H36N2O4S. The fourth-order valence-electron chi connectivity index (χ4n) is 6.24. The van der Waals surface area contributed by atoms with Crippen LogP contribution in [0.4, 0.5) is 4.79 Å². The average molecular weight is 629 g/mol. The van der Waals surface area contributed by atoms with Gasteiger partial charge >= 0.3 is 6.09 Å². The predicted octanol–water partition coefficient (Wildman–Crippen LogP) is 7.64. The van der Waals surface area contributed by atoms with Gasteiger partial charge in [-0.15, -0.1) is 11.8 Å². The van der Waals surface area contributed by atoms with Crippen LogP contribution in [0.15, 0.2) is 140 Å². The molecule has 2 amide bonds. The number of amides is 2. The fourth-order valence-corrected chi connectivity index (χ4v) is 7.79. The van der Waals surface area contributed by atoms with Gasteiger partial charge in [0.2, 0.25) is 0 Å². The zero-order chi connectivity index (χ0) is 31.9. The highest BCUT2D eigenvalue weighted by molar-refractivity contribution is 8.00. The number of nitrogens with one attached hydrogen (secondary N) is 1. The third-order valence-electron chi connectivity index (χ3n) is 8.53. The molecule has 0 bridgehead atoms. The summed E-state index contributed by atoms with van der Waals surface area (Å²) in [5.74, 6) is -0.230. The van der Waals surface area contributed by atoms with Crippen LogP contribution in [0.2, 0.25) is 0 Å². The summed E-state index contributed by atoms with van der Waals surface area (Å²) in [6, 6.07) is 46.2. The molecule has 6 nitrogen and oxygen atoms in total. The molecule has 1 aliphatic rings. The molecule has 7 heteroatoms. The van der Waals surface area contributed by atoms with E-state index in [0.717, 1.165) is 44.0 Å². The predicted molar refractivity (Wildman–Crippen MR) is 183 cm³/mol. The number of likely N-dealkylation sites (N-methyl/N-ethyl adjacent to an activating group) is 1. The molecule has 0 saturated heterocycles. The van der Waals surface area contributed by atoms with E-state index in [1.54, 1.807) is 11.8 Å². The molecule has 1 atom stereocenters. The van der Waals surface area contributed by atoms with Crippen molar-refractivity contribution >= 4 is 23.8 Å². The van der Waals surface area contributed by atoms with Crippen LogP contribution in [0.5, 0.6) is 0 Å². The van der Waals surface area contributed by atoms with Crippen LogP contribution in [0.3, 0.4) is 0 Å². The maximum absolute atomic E-state index is 13.6. The lowest BCUT2D eigenvalue weighted by Crippen LogP contribution is -2.49. The first-order valence-corrected chi connectivity index (χ1v) is 16.2. The largest absolute Gasteiger partial charge is 0.449 e. The van der Waals surface area contributed by atoms with Crippen molar-refractivity contribution in [2.75, 3.05) is 26.5 Å². The molecule has 0 heterocycles. The number of nitrogens with zero attached hydrogens (tertiary/aromatic N) is 1. The topological polar surface area (TPSA) is 67.9 Å². The van der Waals surface area contributed by atoms with E-state index in [4.69, 9.17) is 9.57 Å². The average Bonchev–Trinajstić information content (AvgIpc) is 3.44. The molecule has 0 fully saturated rings. The number of carbonyl (C=O) groups is 2. The van der Waals surface area contributed by atoms with Gasteiger partial charge in [0.25, 0.3) is 5.91 Å². The van der Waals surface area contributed by atoms with Crippen molar-refractivity contribution in [2.24, 2.45) is 0 Å². The monoisotopic (exact) mass is 628 g/mol. The third kappa shape index (κ3) is 6.16. The maximum atomic E-state index is 13.6. The van der Waals surface area contributed by atoms with E-state index >= 15 is 0 Å². The Balaban J connectivity index is 1.28.